The third-order valence-electron chi connectivity index (χ3n) is 1.25. The topological polar surface area (TPSA) is 78.8 Å². The van der Waals surface area contributed by atoms with Crippen LogP contribution in [-0.4, -0.2) is 31.2 Å². The summed E-state index contributed by atoms with van der Waals surface area (Å²) in [5, 5.41) is 2.23. The van der Waals surface area contributed by atoms with E-state index in [0.717, 1.165) is 12.8 Å². The third-order valence-corrected chi connectivity index (χ3v) is 2.01. The fourth-order valence-corrected chi connectivity index (χ4v) is 1.21. The van der Waals surface area contributed by atoms with Crippen molar-refractivity contribution in [2.24, 2.45) is 4.99 Å². The Hall–Kier alpha value is -0.620. The third kappa shape index (κ3) is 5.59. The van der Waals surface area contributed by atoms with Gasteiger partial charge < -0.3 is 5.32 Å². The minimum Gasteiger partial charge on any atom is -0.359 e. The van der Waals surface area contributed by atoms with E-state index in [1.807, 2.05) is 13.8 Å². The van der Waals surface area contributed by atoms with Crippen molar-refractivity contribution in [1.29, 1.82) is 0 Å². The predicted octanol–water partition coefficient (Wildman–Crippen LogP) is 0.640. The van der Waals surface area contributed by atoms with Gasteiger partial charge >= 0.3 is 10.1 Å². The van der Waals surface area contributed by atoms with Crippen LogP contribution < -0.4 is 5.32 Å². The molecule has 0 radical (unpaired) electrons. The van der Waals surface area contributed by atoms with E-state index in [1.54, 1.807) is 0 Å². The quantitative estimate of drug-likeness (QED) is 0.404. The molecule has 6 heteroatoms. The second kappa shape index (κ2) is 5.93. The Morgan fingerprint density at radius 2 is 2.00 bits per heavy atom. The van der Waals surface area contributed by atoms with Crippen molar-refractivity contribution in [2.75, 3.05) is 13.1 Å². The fourth-order valence-electron chi connectivity index (χ4n) is 0.674. The summed E-state index contributed by atoms with van der Waals surface area (Å²) in [4.78, 5) is 3.72. The Kier molecular flexibility index (Phi) is 5.65. The molecule has 0 spiro atoms. The molecule has 0 heterocycles. The first kappa shape index (κ1) is 12.4. The molecule has 0 aromatic carbocycles. The van der Waals surface area contributed by atoms with Crippen molar-refractivity contribution in [1.82, 2.24) is 5.32 Å². The number of aliphatic imine (C=N–C) groups is 1. The Bertz CT molecular complexity index is 259. The second-order valence-electron chi connectivity index (χ2n) is 2.59. The summed E-state index contributed by atoms with van der Waals surface area (Å²) in [5.41, 5.74) is 0. The lowest BCUT2D eigenvalue weighted by atomic mass is 10.5. The van der Waals surface area contributed by atoms with E-state index in [4.69, 9.17) is 4.55 Å². The number of hydrogen-bond acceptors (Lipinski definition) is 3. The highest BCUT2D eigenvalue weighted by molar-refractivity contribution is 8.01. The molecule has 0 aliphatic heterocycles. The molecule has 0 unspecified atom stereocenters. The van der Waals surface area contributed by atoms with Crippen molar-refractivity contribution in [3.05, 3.63) is 0 Å². The van der Waals surface area contributed by atoms with Crippen LogP contribution in [0.3, 0.4) is 0 Å². The van der Waals surface area contributed by atoms with E-state index in [2.05, 4.69) is 10.3 Å². The maximum atomic E-state index is 10.7. The Labute approximate surface area is 79.0 Å². The van der Waals surface area contributed by atoms with Gasteiger partial charge in [-0.25, -0.2) is 0 Å². The lowest BCUT2D eigenvalue weighted by Crippen LogP contribution is -2.31. The average molecular weight is 208 g/mol. The SMILES string of the molecule is CCCN=C(NCCC)S(=O)(=O)O. The first-order valence-corrected chi connectivity index (χ1v) is 5.72. The molecule has 78 valence electrons. The van der Waals surface area contributed by atoms with Crippen LogP contribution in [-0.2, 0) is 10.1 Å². The summed E-state index contributed by atoms with van der Waals surface area (Å²) >= 11 is 0. The van der Waals surface area contributed by atoms with E-state index in [0.29, 0.717) is 13.1 Å². The Morgan fingerprint density at radius 3 is 2.38 bits per heavy atom. The summed E-state index contributed by atoms with van der Waals surface area (Å²) < 4.78 is 30.1. The van der Waals surface area contributed by atoms with Gasteiger partial charge in [0.25, 0.3) is 0 Å². The highest BCUT2D eigenvalue weighted by atomic mass is 32.2. The van der Waals surface area contributed by atoms with E-state index >= 15 is 0 Å². The summed E-state index contributed by atoms with van der Waals surface area (Å²) in [6.45, 7) is 4.66. The molecular formula is C7H16N2O3S. The molecule has 0 fully saturated rings. The van der Waals surface area contributed by atoms with E-state index < -0.39 is 10.1 Å². The van der Waals surface area contributed by atoms with Gasteiger partial charge in [0.05, 0.1) is 0 Å². The monoisotopic (exact) mass is 208 g/mol. The lowest BCUT2D eigenvalue weighted by Gasteiger charge is -2.04. The predicted molar refractivity (Wildman–Crippen MR) is 52.4 cm³/mol. The van der Waals surface area contributed by atoms with Gasteiger partial charge in [0.2, 0.25) is 5.17 Å². The van der Waals surface area contributed by atoms with Gasteiger partial charge in [-0.1, -0.05) is 13.8 Å². The minimum absolute atomic E-state index is 0.323. The number of nitrogens with one attached hydrogen (secondary N) is 1. The second-order valence-corrected chi connectivity index (χ2v) is 3.93. The standard InChI is InChI=1S/C7H16N2O3S/c1-3-5-8-7(9-6-4-2)13(10,11)12/h3-6H2,1-2H3,(H,8,9)(H,10,11,12). The summed E-state index contributed by atoms with van der Waals surface area (Å²) in [5.74, 6) is 0. The van der Waals surface area contributed by atoms with Crippen LogP contribution in [0, 0.1) is 0 Å². The molecule has 5 nitrogen and oxygen atoms in total. The van der Waals surface area contributed by atoms with Gasteiger partial charge in [-0.2, -0.15) is 8.42 Å². The first-order chi connectivity index (χ1) is 6.02. The number of rotatable bonds is 4. The molecule has 0 aliphatic rings. The normalized spacial score (nSPS) is 13.0. The summed E-state index contributed by atoms with van der Waals surface area (Å²) in [7, 11) is -4.17. The summed E-state index contributed by atoms with van der Waals surface area (Å²) in [6, 6.07) is 0. The smallest absolute Gasteiger partial charge is 0.327 e. The van der Waals surface area contributed by atoms with Gasteiger partial charge in [-0.3, -0.25) is 9.55 Å². The zero-order chi connectivity index (χ0) is 10.3. The van der Waals surface area contributed by atoms with Gasteiger partial charge in [0, 0.05) is 13.1 Å². The van der Waals surface area contributed by atoms with Crippen molar-refractivity contribution in [2.45, 2.75) is 26.7 Å². The van der Waals surface area contributed by atoms with E-state index in [9.17, 15) is 8.42 Å². The van der Waals surface area contributed by atoms with Crippen molar-refractivity contribution in [3.63, 3.8) is 0 Å². The molecule has 13 heavy (non-hydrogen) atoms. The fraction of sp³-hybridized carbons (Fsp3) is 0.857. The van der Waals surface area contributed by atoms with Crippen molar-refractivity contribution < 1.29 is 13.0 Å². The van der Waals surface area contributed by atoms with Crippen molar-refractivity contribution >= 4 is 15.3 Å². The first-order valence-electron chi connectivity index (χ1n) is 4.28. The van der Waals surface area contributed by atoms with Crippen LogP contribution in [0.4, 0.5) is 0 Å². The Morgan fingerprint density at radius 1 is 1.38 bits per heavy atom. The number of hydrogen-bond donors (Lipinski definition) is 2. The van der Waals surface area contributed by atoms with Crippen LogP contribution in [0.2, 0.25) is 0 Å². The number of nitrogens with zero attached hydrogens (tertiary/aromatic N) is 1. The lowest BCUT2D eigenvalue weighted by molar-refractivity contribution is 0.496. The molecule has 0 aromatic rings. The van der Waals surface area contributed by atoms with Gasteiger partial charge in [-0.15, -0.1) is 0 Å². The zero-order valence-corrected chi connectivity index (χ0v) is 8.76. The van der Waals surface area contributed by atoms with E-state index in [-0.39, 0.29) is 5.17 Å². The molecule has 0 amide bonds. The van der Waals surface area contributed by atoms with Gasteiger partial charge in [-0.05, 0) is 12.8 Å². The molecule has 0 aromatic heterocycles. The van der Waals surface area contributed by atoms with Gasteiger partial charge in [0.15, 0.2) is 0 Å². The number of amidine groups is 1. The van der Waals surface area contributed by atoms with Crippen LogP contribution in [0.5, 0.6) is 0 Å². The molecular weight excluding hydrogens is 192 g/mol. The molecule has 0 atom stereocenters. The van der Waals surface area contributed by atoms with Gasteiger partial charge in [0.1, 0.15) is 0 Å². The molecule has 0 bridgehead atoms. The molecule has 0 rings (SSSR count). The van der Waals surface area contributed by atoms with Crippen LogP contribution in [0.15, 0.2) is 4.99 Å². The Balaban J connectivity index is 4.38. The van der Waals surface area contributed by atoms with Crippen LogP contribution in [0.1, 0.15) is 26.7 Å². The van der Waals surface area contributed by atoms with E-state index in [1.165, 1.54) is 0 Å². The molecule has 0 saturated carbocycles. The molecule has 0 aliphatic carbocycles. The highest BCUT2D eigenvalue weighted by Crippen LogP contribution is 1.89. The molecule has 2 N–H and O–H groups in total. The van der Waals surface area contributed by atoms with Crippen LogP contribution >= 0.6 is 0 Å². The maximum absolute atomic E-state index is 10.7. The summed E-state index contributed by atoms with van der Waals surface area (Å²) in [6.07, 6.45) is 1.52. The molecule has 0 saturated heterocycles. The minimum atomic E-state index is -4.17. The largest absolute Gasteiger partial charge is 0.359 e. The average Bonchev–Trinajstić information content (AvgIpc) is 2.02. The van der Waals surface area contributed by atoms with Crippen molar-refractivity contribution in [3.8, 4) is 0 Å². The zero-order valence-electron chi connectivity index (χ0n) is 7.95. The highest BCUT2D eigenvalue weighted by Gasteiger charge is 2.13. The maximum Gasteiger partial charge on any atom is 0.327 e. The van der Waals surface area contributed by atoms with Crippen LogP contribution in [0.25, 0.3) is 0 Å².